The van der Waals surface area contributed by atoms with Gasteiger partial charge < -0.3 is 15.8 Å². The summed E-state index contributed by atoms with van der Waals surface area (Å²) in [4.78, 5) is 24.3. The molecular weight excluding hydrogens is 316 g/mol. The molecule has 132 valence electrons. The molecule has 0 aromatic heterocycles. The molecule has 5 heteroatoms. The van der Waals surface area contributed by atoms with Crippen molar-refractivity contribution in [2.45, 2.75) is 13.0 Å². The Morgan fingerprint density at radius 2 is 1.52 bits per heavy atom. The molecule has 0 aliphatic carbocycles. The van der Waals surface area contributed by atoms with Crippen LogP contribution in [0.25, 0.3) is 0 Å². The highest BCUT2D eigenvalue weighted by Crippen LogP contribution is 2.19. The van der Waals surface area contributed by atoms with Crippen LogP contribution in [0.1, 0.15) is 11.1 Å². The van der Waals surface area contributed by atoms with Gasteiger partial charge in [-0.1, -0.05) is 60.7 Å². The van der Waals surface area contributed by atoms with Crippen molar-refractivity contribution in [3.8, 4) is 0 Å². The molecule has 0 saturated heterocycles. The number of primary amides is 1. The fourth-order valence-electron chi connectivity index (χ4n) is 2.75. The highest BCUT2D eigenvalue weighted by atomic mass is 16.5. The SMILES string of the molecule is CNC(=O)[C@H](Cc1ccccc1)C(COCc1ccccc1)C(N)=O. The maximum atomic E-state index is 12.3. The Morgan fingerprint density at radius 1 is 0.960 bits per heavy atom. The molecule has 0 aliphatic rings. The fraction of sp³-hybridized carbons (Fsp3) is 0.300. The Hall–Kier alpha value is -2.66. The molecule has 0 heterocycles. The topological polar surface area (TPSA) is 81.4 Å². The first-order valence-corrected chi connectivity index (χ1v) is 8.28. The molecule has 2 amide bonds. The first-order valence-electron chi connectivity index (χ1n) is 8.28. The van der Waals surface area contributed by atoms with Crippen LogP contribution in [0.15, 0.2) is 60.7 Å². The lowest BCUT2D eigenvalue weighted by Gasteiger charge is -2.23. The predicted molar refractivity (Wildman–Crippen MR) is 96.5 cm³/mol. The second kappa shape index (κ2) is 9.59. The monoisotopic (exact) mass is 340 g/mol. The lowest BCUT2D eigenvalue weighted by atomic mass is 9.86. The summed E-state index contributed by atoms with van der Waals surface area (Å²) in [5, 5.41) is 2.63. The zero-order valence-electron chi connectivity index (χ0n) is 14.4. The molecule has 0 bridgehead atoms. The third kappa shape index (κ3) is 5.72. The van der Waals surface area contributed by atoms with E-state index in [4.69, 9.17) is 10.5 Å². The molecule has 2 rings (SSSR count). The minimum absolute atomic E-state index is 0.106. The van der Waals surface area contributed by atoms with Gasteiger partial charge in [-0.2, -0.15) is 0 Å². The van der Waals surface area contributed by atoms with Crippen LogP contribution in [0, 0.1) is 11.8 Å². The highest BCUT2D eigenvalue weighted by molar-refractivity contribution is 5.87. The van der Waals surface area contributed by atoms with Crippen molar-refractivity contribution in [1.29, 1.82) is 0 Å². The van der Waals surface area contributed by atoms with Gasteiger partial charge in [-0.3, -0.25) is 9.59 Å². The lowest BCUT2D eigenvalue weighted by Crippen LogP contribution is -2.42. The summed E-state index contributed by atoms with van der Waals surface area (Å²) >= 11 is 0. The molecule has 2 aromatic rings. The zero-order chi connectivity index (χ0) is 18.1. The van der Waals surface area contributed by atoms with E-state index in [-0.39, 0.29) is 12.5 Å². The van der Waals surface area contributed by atoms with E-state index in [1.807, 2.05) is 60.7 Å². The third-order valence-electron chi connectivity index (χ3n) is 4.14. The Balaban J connectivity index is 2.06. The van der Waals surface area contributed by atoms with Gasteiger partial charge in [0, 0.05) is 7.05 Å². The molecule has 0 aliphatic heterocycles. The Kier molecular flexibility index (Phi) is 7.16. The smallest absolute Gasteiger partial charge is 0.224 e. The maximum Gasteiger partial charge on any atom is 0.224 e. The molecule has 5 nitrogen and oxygen atoms in total. The number of nitrogens with two attached hydrogens (primary N) is 1. The second-order valence-corrected chi connectivity index (χ2v) is 5.92. The molecule has 0 radical (unpaired) electrons. The van der Waals surface area contributed by atoms with Crippen molar-refractivity contribution < 1.29 is 14.3 Å². The van der Waals surface area contributed by atoms with E-state index in [9.17, 15) is 9.59 Å². The summed E-state index contributed by atoms with van der Waals surface area (Å²) in [5.41, 5.74) is 7.55. The molecule has 0 fully saturated rings. The summed E-state index contributed by atoms with van der Waals surface area (Å²) < 4.78 is 5.68. The standard InChI is InChI=1S/C20H24N2O3/c1-22-20(24)17(12-15-8-4-2-5-9-15)18(19(21)23)14-25-13-16-10-6-3-7-11-16/h2-11,17-18H,12-14H2,1H3,(H2,21,23)(H,22,24)/t17-,18?/m1/s1. The molecule has 0 spiro atoms. The number of benzene rings is 2. The van der Waals surface area contributed by atoms with Crippen LogP contribution in [0.2, 0.25) is 0 Å². The second-order valence-electron chi connectivity index (χ2n) is 5.92. The Labute approximate surface area is 148 Å². The van der Waals surface area contributed by atoms with Gasteiger partial charge in [-0.15, -0.1) is 0 Å². The lowest BCUT2D eigenvalue weighted by molar-refractivity contribution is -0.135. The maximum absolute atomic E-state index is 12.3. The van der Waals surface area contributed by atoms with Gasteiger partial charge >= 0.3 is 0 Å². The van der Waals surface area contributed by atoms with Gasteiger partial charge in [0.25, 0.3) is 0 Å². The molecule has 2 atom stereocenters. The van der Waals surface area contributed by atoms with Crippen LogP contribution in [0.3, 0.4) is 0 Å². The zero-order valence-corrected chi connectivity index (χ0v) is 14.4. The van der Waals surface area contributed by atoms with E-state index in [0.29, 0.717) is 13.0 Å². The van der Waals surface area contributed by atoms with Crippen LogP contribution < -0.4 is 11.1 Å². The van der Waals surface area contributed by atoms with Crippen molar-refractivity contribution in [2.24, 2.45) is 17.6 Å². The van der Waals surface area contributed by atoms with Crippen LogP contribution in [0.4, 0.5) is 0 Å². The van der Waals surface area contributed by atoms with Crippen molar-refractivity contribution in [3.63, 3.8) is 0 Å². The number of nitrogens with one attached hydrogen (secondary N) is 1. The van der Waals surface area contributed by atoms with E-state index in [1.54, 1.807) is 7.05 Å². The summed E-state index contributed by atoms with van der Waals surface area (Å²) in [6.45, 7) is 0.478. The number of ether oxygens (including phenoxy) is 1. The molecule has 1 unspecified atom stereocenters. The van der Waals surface area contributed by atoms with Gasteiger partial charge in [-0.25, -0.2) is 0 Å². The number of amides is 2. The number of rotatable bonds is 9. The van der Waals surface area contributed by atoms with Gasteiger partial charge in [0.05, 0.1) is 25.0 Å². The van der Waals surface area contributed by atoms with Crippen LogP contribution >= 0.6 is 0 Å². The fourth-order valence-corrected chi connectivity index (χ4v) is 2.75. The molecule has 2 aromatic carbocycles. The number of hydrogen-bond acceptors (Lipinski definition) is 3. The van der Waals surface area contributed by atoms with E-state index < -0.39 is 17.7 Å². The average molecular weight is 340 g/mol. The Morgan fingerprint density at radius 3 is 2.04 bits per heavy atom. The highest BCUT2D eigenvalue weighted by Gasteiger charge is 2.32. The quantitative estimate of drug-likeness (QED) is 0.732. The first kappa shape index (κ1) is 18.7. The molecule has 3 N–H and O–H groups in total. The van der Waals surface area contributed by atoms with Crippen molar-refractivity contribution in [1.82, 2.24) is 5.32 Å². The van der Waals surface area contributed by atoms with Crippen molar-refractivity contribution >= 4 is 11.8 Å². The minimum atomic E-state index is -0.691. The normalized spacial score (nSPS) is 13.0. The van der Waals surface area contributed by atoms with Gasteiger partial charge in [0.2, 0.25) is 11.8 Å². The van der Waals surface area contributed by atoms with E-state index >= 15 is 0 Å². The number of carbonyl (C=O) groups excluding carboxylic acids is 2. The van der Waals surface area contributed by atoms with Gasteiger partial charge in [0.1, 0.15) is 0 Å². The van der Waals surface area contributed by atoms with Crippen molar-refractivity contribution in [3.05, 3.63) is 71.8 Å². The average Bonchev–Trinajstić information content (AvgIpc) is 2.64. The number of hydrogen-bond donors (Lipinski definition) is 2. The largest absolute Gasteiger partial charge is 0.376 e. The van der Waals surface area contributed by atoms with Gasteiger partial charge in [0.15, 0.2) is 0 Å². The predicted octanol–water partition coefficient (Wildman–Crippen LogP) is 1.91. The minimum Gasteiger partial charge on any atom is -0.376 e. The van der Waals surface area contributed by atoms with E-state index in [0.717, 1.165) is 11.1 Å². The van der Waals surface area contributed by atoms with E-state index in [2.05, 4.69) is 5.32 Å². The van der Waals surface area contributed by atoms with Crippen LogP contribution in [0.5, 0.6) is 0 Å². The summed E-state index contributed by atoms with van der Waals surface area (Å²) in [6.07, 6.45) is 0.433. The summed E-state index contributed by atoms with van der Waals surface area (Å²) in [5.74, 6) is -2.00. The summed E-state index contributed by atoms with van der Waals surface area (Å²) in [6, 6.07) is 19.2. The molecule has 25 heavy (non-hydrogen) atoms. The Bertz CT molecular complexity index is 674. The van der Waals surface area contributed by atoms with Crippen LogP contribution in [-0.2, 0) is 27.4 Å². The summed E-state index contributed by atoms with van der Waals surface area (Å²) in [7, 11) is 1.56. The van der Waals surface area contributed by atoms with Gasteiger partial charge in [-0.05, 0) is 17.5 Å². The van der Waals surface area contributed by atoms with E-state index in [1.165, 1.54) is 0 Å². The third-order valence-corrected chi connectivity index (χ3v) is 4.14. The van der Waals surface area contributed by atoms with Crippen LogP contribution in [-0.4, -0.2) is 25.5 Å². The first-order chi connectivity index (χ1) is 12.1. The molecule has 0 saturated carbocycles. The number of carbonyl (C=O) groups is 2. The molecular formula is C20H24N2O3. The van der Waals surface area contributed by atoms with Crippen molar-refractivity contribution in [2.75, 3.05) is 13.7 Å².